The number of nitrogens with one attached hydrogen (secondary N) is 2. The second-order valence-electron chi connectivity index (χ2n) is 8.36. The zero-order chi connectivity index (χ0) is 19.6. The van der Waals surface area contributed by atoms with Crippen LogP contribution in [-0.4, -0.2) is 44.7 Å². The lowest BCUT2D eigenvalue weighted by atomic mass is 9.99. The standard InChI is InChI=1S/C21H31N3O3S/c25-21(23-28(26,27)14-4-3-13-24-11-1-2-12-24)22-20-18-9-5-7-16(18)15-17-8-6-10-19(17)20/h15H,1-14H2,(H2,22,23,25). The molecule has 2 aliphatic carbocycles. The number of rotatable bonds is 7. The van der Waals surface area contributed by atoms with Crippen molar-refractivity contribution in [1.29, 1.82) is 0 Å². The van der Waals surface area contributed by atoms with Crippen molar-refractivity contribution in [2.24, 2.45) is 0 Å². The molecule has 1 fully saturated rings. The third-order valence-electron chi connectivity index (χ3n) is 6.30. The van der Waals surface area contributed by atoms with Crippen LogP contribution in [0.1, 0.15) is 60.8 Å². The normalized spacial score (nSPS) is 18.9. The number of likely N-dealkylation sites (tertiary alicyclic amines) is 1. The van der Waals surface area contributed by atoms with E-state index in [1.54, 1.807) is 0 Å². The van der Waals surface area contributed by atoms with Gasteiger partial charge in [-0.25, -0.2) is 17.9 Å². The molecule has 1 aromatic rings. The second-order valence-corrected chi connectivity index (χ2v) is 10.2. The third kappa shape index (κ3) is 4.51. The molecule has 0 atom stereocenters. The van der Waals surface area contributed by atoms with E-state index in [4.69, 9.17) is 0 Å². The summed E-state index contributed by atoms with van der Waals surface area (Å²) in [5.41, 5.74) is 5.93. The maximum Gasteiger partial charge on any atom is 0.332 e. The van der Waals surface area contributed by atoms with Crippen molar-refractivity contribution in [2.45, 2.75) is 64.2 Å². The highest BCUT2D eigenvalue weighted by atomic mass is 32.2. The molecule has 0 bridgehead atoms. The van der Waals surface area contributed by atoms with Crippen LogP contribution in [0.25, 0.3) is 0 Å². The highest BCUT2D eigenvalue weighted by Gasteiger charge is 2.26. The van der Waals surface area contributed by atoms with Crippen LogP contribution in [0.3, 0.4) is 0 Å². The summed E-state index contributed by atoms with van der Waals surface area (Å²) < 4.78 is 26.8. The van der Waals surface area contributed by atoms with Crippen molar-refractivity contribution >= 4 is 21.7 Å². The summed E-state index contributed by atoms with van der Waals surface area (Å²) in [6.07, 6.45) is 10.1. The first-order chi connectivity index (χ1) is 13.5. The highest BCUT2D eigenvalue weighted by molar-refractivity contribution is 7.90. The molecule has 2 amide bonds. The highest BCUT2D eigenvalue weighted by Crippen LogP contribution is 2.38. The number of nitrogens with zero attached hydrogens (tertiary/aromatic N) is 1. The molecule has 0 radical (unpaired) electrons. The van der Waals surface area contributed by atoms with Gasteiger partial charge >= 0.3 is 6.03 Å². The molecular weight excluding hydrogens is 374 g/mol. The Balaban J connectivity index is 1.33. The fourth-order valence-electron chi connectivity index (χ4n) is 4.93. The van der Waals surface area contributed by atoms with Gasteiger partial charge in [-0.1, -0.05) is 6.07 Å². The SMILES string of the molecule is O=C(Nc1c2c(cc3c1CCC3)CCC2)NS(=O)(=O)CCCCN1CCCC1. The van der Waals surface area contributed by atoms with Crippen molar-refractivity contribution < 1.29 is 13.2 Å². The average molecular weight is 406 g/mol. The van der Waals surface area contributed by atoms with E-state index in [-0.39, 0.29) is 5.75 Å². The minimum Gasteiger partial charge on any atom is -0.307 e. The van der Waals surface area contributed by atoms with Crippen molar-refractivity contribution in [2.75, 3.05) is 30.7 Å². The number of unbranched alkanes of at least 4 members (excludes halogenated alkanes) is 1. The fourth-order valence-corrected chi connectivity index (χ4v) is 5.95. The lowest BCUT2D eigenvalue weighted by Crippen LogP contribution is -2.36. The first-order valence-corrected chi connectivity index (χ1v) is 12.4. The Bertz CT molecular complexity index is 813. The zero-order valence-corrected chi connectivity index (χ0v) is 17.4. The zero-order valence-electron chi connectivity index (χ0n) is 16.6. The van der Waals surface area contributed by atoms with Gasteiger partial charge in [-0.3, -0.25) is 0 Å². The van der Waals surface area contributed by atoms with Gasteiger partial charge in [0, 0.05) is 5.69 Å². The predicted octanol–water partition coefficient (Wildman–Crippen LogP) is 2.99. The van der Waals surface area contributed by atoms with E-state index >= 15 is 0 Å². The van der Waals surface area contributed by atoms with Crippen LogP contribution in [0.4, 0.5) is 10.5 Å². The summed E-state index contributed by atoms with van der Waals surface area (Å²) in [5, 5.41) is 2.90. The molecule has 1 aromatic carbocycles. The van der Waals surface area contributed by atoms with Gasteiger partial charge < -0.3 is 10.2 Å². The number of anilines is 1. The Morgan fingerprint density at radius 2 is 1.57 bits per heavy atom. The molecule has 0 saturated carbocycles. The molecule has 28 heavy (non-hydrogen) atoms. The van der Waals surface area contributed by atoms with Gasteiger partial charge in [-0.2, -0.15) is 0 Å². The molecule has 0 unspecified atom stereocenters. The van der Waals surface area contributed by atoms with Gasteiger partial charge in [0.15, 0.2) is 0 Å². The number of benzene rings is 1. The van der Waals surface area contributed by atoms with Crippen LogP contribution in [0.15, 0.2) is 6.07 Å². The number of aryl methyl sites for hydroxylation is 2. The van der Waals surface area contributed by atoms with Gasteiger partial charge in [0.25, 0.3) is 0 Å². The van der Waals surface area contributed by atoms with E-state index in [2.05, 4.69) is 21.0 Å². The van der Waals surface area contributed by atoms with Crippen molar-refractivity contribution in [3.05, 3.63) is 28.3 Å². The molecule has 1 aliphatic heterocycles. The largest absolute Gasteiger partial charge is 0.332 e. The third-order valence-corrected chi connectivity index (χ3v) is 7.62. The predicted molar refractivity (Wildman–Crippen MR) is 111 cm³/mol. The van der Waals surface area contributed by atoms with Gasteiger partial charge in [-0.05, 0) is 106 Å². The Hall–Kier alpha value is -1.60. The van der Waals surface area contributed by atoms with Crippen LogP contribution < -0.4 is 10.0 Å². The molecule has 1 heterocycles. The second kappa shape index (κ2) is 8.41. The number of amides is 2. The molecule has 7 heteroatoms. The molecule has 4 rings (SSSR count). The summed E-state index contributed by atoms with van der Waals surface area (Å²) in [7, 11) is -3.61. The van der Waals surface area contributed by atoms with E-state index in [9.17, 15) is 13.2 Å². The van der Waals surface area contributed by atoms with Crippen LogP contribution in [0.2, 0.25) is 0 Å². The average Bonchev–Trinajstić information content (AvgIpc) is 3.39. The van der Waals surface area contributed by atoms with E-state index in [1.807, 2.05) is 0 Å². The Labute approximate surface area is 168 Å². The van der Waals surface area contributed by atoms with E-state index in [0.29, 0.717) is 6.42 Å². The minimum absolute atomic E-state index is 0.000730. The lowest BCUT2D eigenvalue weighted by Gasteiger charge is -2.17. The Morgan fingerprint density at radius 3 is 2.21 bits per heavy atom. The van der Waals surface area contributed by atoms with E-state index in [1.165, 1.54) is 35.1 Å². The Morgan fingerprint density at radius 1 is 0.929 bits per heavy atom. The maximum absolute atomic E-state index is 12.5. The number of carbonyl (C=O) groups excluding carboxylic acids is 1. The number of hydrogen-bond donors (Lipinski definition) is 2. The summed E-state index contributed by atoms with van der Waals surface area (Å²) in [6, 6.07) is 1.68. The van der Waals surface area contributed by atoms with Crippen molar-refractivity contribution in [3.63, 3.8) is 0 Å². The van der Waals surface area contributed by atoms with E-state index < -0.39 is 16.1 Å². The summed E-state index contributed by atoms with van der Waals surface area (Å²) in [4.78, 5) is 14.8. The molecule has 6 nitrogen and oxygen atoms in total. The molecule has 1 saturated heterocycles. The van der Waals surface area contributed by atoms with Crippen LogP contribution in [-0.2, 0) is 35.7 Å². The summed E-state index contributed by atoms with van der Waals surface area (Å²) >= 11 is 0. The summed E-state index contributed by atoms with van der Waals surface area (Å²) in [5.74, 6) is -0.000730. The molecule has 3 aliphatic rings. The monoisotopic (exact) mass is 405 g/mol. The van der Waals surface area contributed by atoms with Gasteiger partial charge in [0.1, 0.15) is 0 Å². The van der Waals surface area contributed by atoms with Gasteiger partial charge in [0.2, 0.25) is 10.0 Å². The van der Waals surface area contributed by atoms with Crippen molar-refractivity contribution in [1.82, 2.24) is 9.62 Å². The molecular formula is C21H31N3O3S. The first-order valence-electron chi connectivity index (χ1n) is 10.7. The quantitative estimate of drug-likeness (QED) is 0.684. The van der Waals surface area contributed by atoms with Gasteiger partial charge in [0.05, 0.1) is 5.75 Å². The number of sulfonamides is 1. The Kier molecular flexibility index (Phi) is 5.92. The number of urea groups is 1. The number of hydrogen-bond acceptors (Lipinski definition) is 4. The van der Waals surface area contributed by atoms with E-state index in [0.717, 1.165) is 70.3 Å². The molecule has 2 N–H and O–H groups in total. The van der Waals surface area contributed by atoms with Crippen molar-refractivity contribution in [3.8, 4) is 0 Å². The van der Waals surface area contributed by atoms with Crippen LogP contribution in [0.5, 0.6) is 0 Å². The first kappa shape index (κ1) is 19.7. The number of carbonyl (C=O) groups is 1. The smallest absolute Gasteiger partial charge is 0.307 e. The number of fused-ring (bicyclic) bond motifs is 2. The molecule has 0 spiro atoms. The fraction of sp³-hybridized carbons (Fsp3) is 0.667. The minimum atomic E-state index is -3.61. The van der Waals surface area contributed by atoms with Gasteiger partial charge in [-0.15, -0.1) is 0 Å². The van der Waals surface area contributed by atoms with Crippen LogP contribution >= 0.6 is 0 Å². The molecule has 154 valence electrons. The lowest BCUT2D eigenvalue weighted by molar-refractivity contribution is 0.256. The molecule has 0 aromatic heterocycles. The summed E-state index contributed by atoms with van der Waals surface area (Å²) in [6.45, 7) is 3.20. The maximum atomic E-state index is 12.5. The topological polar surface area (TPSA) is 78.5 Å². The van der Waals surface area contributed by atoms with Crippen LogP contribution in [0, 0.1) is 0 Å².